The molecule has 2 aromatic rings. The van der Waals surface area contributed by atoms with Gasteiger partial charge in [-0.15, -0.1) is 0 Å². The Labute approximate surface area is 131 Å². The number of aromatic nitrogens is 1. The predicted molar refractivity (Wildman–Crippen MR) is 85.8 cm³/mol. The van der Waals surface area contributed by atoms with E-state index in [1.807, 2.05) is 49.4 Å². The number of aryl methyl sites for hydroxylation is 1. The fraction of sp³-hybridized carbons (Fsp3) is 0.389. The van der Waals surface area contributed by atoms with Crippen molar-refractivity contribution >= 4 is 0 Å². The van der Waals surface area contributed by atoms with Gasteiger partial charge in [0.15, 0.2) is 0 Å². The summed E-state index contributed by atoms with van der Waals surface area (Å²) in [5.74, 6) is 0.816. The molecular weight excluding hydrogens is 276 g/mol. The minimum absolute atomic E-state index is 0.329. The molecule has 0 unspecified atom stereocenters. The van der Waals surface area contributed by atoms with Crippen LogP contribution in [0.3, 0.4) is 0 Å². The second-order valence-electron chi connectivity index (χ2n) is 6.11. The predicted octanol–water partition coefficient (Wildman–Crippen LogP) is 2.41. The number of nitrogens with zero attached hydrogens (tertiary/aromatic N) is 2. The van der Waals surface area contributed by atoms with Gasteiger partial charge in [-0.2, -0.15) is 0 Å². The second-order valence-corrected chi connectivity index (χ2v) is 6.11. The molecule has 4 heteroatoms. The summed E-state index contributed by atoms with van der Waals surface area (Å²) in [5, 5.41) is 10.7. The fourth-order valence-electron chi connectivity index (χ4n) is 2.84. The van der Waals surface area contributed by atoms with E-state index in [0.717, 1.165) is 36.5 Å². The molecule has 1 atom stereocenters. The standard InChI is InChI=1S/C18H22N2O2/c1-15-5-4-7-17(11-15)22-14-18(21)8-10-20(13-18)12-16-6-2-3-9-19-16/h2-7,9,11,21H,8,10,12-14H2,1H3/t18-/m1/s1. The number of likely N-dealkylation sites (tertiary alicyclic amines) is 1. The number of β-amino-alcohol motifs (C(OH)–C–C–N with tert-alkyl or cyclic N) is 1. The molecule has 0 saturated carbocycles. The van der Waals surface area contributed by atoms with E-state index in [0.29, 0.717) is 13.2 Å². The van der Waals surface area contributed by atoms with E-state index >= 15 is 0 Å². The van der Waals surface area contributed by atoms with Crippen LogP contribution in [0.5, 0.6) is 5.75 Å². The molecule has 0 radical (unpaired) electrons. The molecule has 4 nitrogen and oxygen atoms in total. The summed E-state index contributed by atoms with van der Waals surface area (Å²) in [7, 11) is 0. The first-order chi connectivity index (χ1) is 10.6. The summed E-state index contributed by atoms with van der Waals surface area (Å²) in [6.45, 7) is 4.62. The van der Waals surface area contributed by atoms with Crippen molar-refractivity contribution in [2.24, 2.45) is 0 Å². The van der Waals surface area contributed by atoms with Crippen LogP contribution in [0.1, 0.15) is 17.7 Å². The minimum atomic E-state index is -0.779. The lowest BCUT2D eigenvalue weighted by molar-refractivity contribution is 0.00329. The first kappa shape index (κ1) is 15.0. The van der Waals surface area contributed by atoms with Gasteiger partial charge in [0, 0.05) is 25.8 Å². The second kappa shape index (κ2) is 6.46. The zero-order chi connectivity index (χ0) is 15.4. The lowest BCUT2D eigenvalue weighted by atomic mass is 10.1. The van der Waals surface area contributed by atoms with Crippen molar-refractivity contribution in [2.75, 3.05) is 19.7 Å². The number of hydrogen-bond acceptors (Lipinski definition) is 4. The zero-order valence-corrected chi connectivity index (χ0v) is 12.9. The molecule has 0 bridgehead atoms. The van der Waals surface area contributed by atoms with Gasteiger partial charge in [0.1, 0.15) is 18.0 Å². The number of pyridine rings is 1. The number of rotatable bonds is 5. The average Bonchev–Trinajstić information content (AvgIpc) is 2.88. The van der Waals surface area contributed by atoms with Crippen LogP contribution in [-0.4, -0.2) is 40.3 Å². The summed E-state index contributed by atoms with van der Waals surface area (Å²) >= 11 is 0. The van der Waals surface area contributed by atoms with Gasteiger partial charge in [-0.1, -0.05) is 18.2 Å². The Balaban J connectivity index is 1.54. The maximum Gasteiger partial charge on any atom is 0.119 e. The molecule has 1 N–H and O–H groups in total. The van der Waals surface area contributed by atoms with E-state index in [2.05, 4.69) is 9.88 Å². The Bertz CT molecular complexity index is 617. The monoisotopic (exact) mass is 298 g/mol. The molecule has 1 aliphatic rings. The summed E-state index contributed by atoms with van der Waals surface area (Å²) in [6, 6.07) is 13.8. The molecule has 1 aliphatic heterocycles. The third-order valence-electron chi connectivity index (χ3n) is 4.02. The van der Waals surface area contributed by atoms with E-state index in [1.54, 1.807) is 6.20 Å². The minimum Gasteiger partial charge on any atom is -0.491 e. The SMILES string of the molecule is Cc1cccc(OC[C@@]2(O)CCN(Cc3ccccn3)C2)c1. The molecule has 0 spiro atoms. The van der Waals surface area contributed by atoms with Gasteiger partial charge in [0.2, 0.25) is 0 Å². The van der Waals surface area contributed by atoms with Crippen molar-refractivity contribution in [3.05, 3.63) is 59.9 Å². The van der Waals surface area contributed by atoms with Crippen LogP contribution < -0.4 is 4.74 Å². The van der Waals surface area contributed by atoms with Crippen LogP contribution in [0.25, 0.3) is 0 Å². The number of aliphatic hydroxyl groups is 1. The van der Waals surface area contributed by atoms with Crippen molar-refractivity contribution < 1.29 is 9.84 Å². The van der Waals surface area contributed by atoms with Gasteiger partial charge >= 0.3 is 0 Å². The van der Waals surface area contributed by atoms with Gasteiger partial charge < -0.3 is 9.84 Å². The Hall–Kier alpha value is -1.91. The van der Waals surface area contributed by atoms with Crippen molar-refractivity contribution in [1.29, 1.82) is 0 Å². The molecule has 22 heavy (non-hydrogen) atoms. The van der Waals surface area contributed by atoms with Crippen LogP contribution in [-0.2, 0) is 6.54 Å². The third-order valence-corrected chi connectivity index (χ3v) is 4.02. The van der Waals surface area contributed by atoms with Crippen LogP contribution in [0.2, 0.25) is 0 Å². The molecular formula is C18H22N2O2. The zero-order valence-electron chi connectivity index (χ0n) is 12.9. The lowest BCUT2D eigenvalue weighted by Gasteiger charge is -2.23. The van der Waals surface area contributed by atoms with E-state index in [9.17, 15) is 5.11 Å². The van der Waals surface area contributed by atoms with Crippen molar-refractivity contribution in [1.82, 2.24) is 9.88 Å². The Morgan fingerprint density at radius 3 is 2.95 bits per heavy atom. The molecule has 1 saturated heterocycles. The fourth-order valence-corrected chi connectivity index (χ4v) is 2.84. The Morgan fingerprint density at radius 1 is 1.27 bits per heavy atom. The summed E-state index contributed by atoms with van der Waals surface area (Å²) in [5.41, 5.74) is 1.41. The van der Waals surface area contributed by atoms with Crippen LogP contribution in [0, 0.1) is 6.92 Å². The quantitative estimate of drug-likeness (QED) is 0.921. The maximum absolute atomic E-state index is 10.7. The molecule has 1 fully saturated rings. The molecule has 1 aromatic heterocycles. The summed E-state index contributed by atoms with van der Waals surface area (Å²) in [6.07, 6.45) is 2.53. The molecule has 116 valence electrons. The Morgan fingerprint density at radius 2 is 2.18 bits per heavy atom. The van der Waals surface area contributed by atoms with Crippen molar-refractivity contribution in [2.45, 2.75) is 25.5 Å². The molecule has 0 aliphatic carbocycles. The number of hydrogen-bond donors (Lipinski definition) is 1. The molecule has 2 heterocycles. The Kier molecular flexibility index (Phi) is 4.41. The highest BCUT2D eigenvalue weighted by Crippen LogP contribution is 2.24. The maximum atomic E-state index is 10.7. The normalized spacial score (nSPS) is 21.9. The first-order valence-electron chi connectivity index (χ1n) is 7.67. The van der Waals surface area contributed by atoms with E-state index in [1.165, 1.54) is 0 Å². The highest BCUT2D eigenvalue weighted by Gasteiger charge is 2.36. The average molecular weight is 298 g/mol. The molecule has 0 amide bonds. The van der Waals surface area contributed by atoms with Crippen molar-refractivity contribution in [3.8, 4) is 5.75 Å². The van der Waals surface area contributed by atoms with Gasteiger partial charge in [0.05, 0.1) is 5.69 Å². The van der Waals surface area contributed by atoms with Crippen LogP contribution in [0.15, 0.2) is 48.7 Å². The van der Waals surface area contributed by atoms with Gasteiger partial charge in [-0.3, -0.25) is 9.88 Å². The van der Waals surface area contributed by atoms with Gasteiger partial charge in [0.25, 0.3) is 0 Å². The smallest absolute Gasteiger partial charge is 0.119 e. The number of benzene rings is 1. The van der Waals surface area contributed by atoms with E-state index in [-0.39, 0.29) is 0 Å². The first-order valence-corrected chi connectivity index (χ1v) is 7.67. The van der Waals surface area contributed by atoms with Crippen LogP contribution >= 0.6 is 0 Å². The topological polar surface area (TPSA) is 45.6 Å². The van der Waals surface area contributed by atoms with E-state index < -0.39 is 5.60 Å². The lowest BCUT2D eigenvalue weighted by Crippen LogP contribution is -2.39. The highest BCUT2D eigenvalue weighted by molar-refractivity contribution is 5.27. The molecule has 3 rings (SSSR count). The van der Waals surface area contributed by atoms with Gasteiger partial charge in [-0.05, 0) is 43.2 Å². The third kappa shape index (κ3) is 3.84. The van der Waals surface area contributed by atoms with Crippen LogP contribution in [0.4, 0.5) is 0 Å². The summed E-state index contributed by atoms with van der Waals surface area (Å²) < 4.78 is 5.78. The number of ether oxygens (including phenoxy) is 1. The van der Waals surface area contributed by atoms with Crippen molar-refractivity contribution in [3.63, 3.8) is 0 Å². The van der Waals surface area contributed by atoms with Gasteiger partial charge in [-0.25, -0.2) is 0 Å². The molecule has 1 aromatic carbocycles. The largest absolute Gasteiger partial charge is 0.491 e. The van der Waals surface area contributed by atoms with E-state index in [4.69, 9.17) is 4.74 Å². The highest BCUT2D eigenvalue weighted by atomic mass is 16.5. The summed E-state index contributed by atoms with van der Waals surface area (Å²) in [4.78, 5) is 6.56.